The molecule has 2 atom stereocenters. The summed E-state index contributed by atoms with van der Waals surface area (Å²) in [6, 6.07) is 14.1. The molecule has 1 fully saturated rings. The first-order valence-corrected chi connectivity index (χ1v) is 9.23. The summed E-state index contributed by atoms with van der Waals surface area (Å²) in [4.78, 5) is 18.7. The molecule has 6 heteroatoms. The second kappa shape index (κ2) is 7.48. The van der Waals surface area contributed by atoms with Crippen LogP contribution in [0.5, 0.6) is 0 Å². The minimum atomic E-state index is -0.637. The van der Waals surface area contributed by atoms with Gasteiger partial charge >= 0.3 is 0 Å². The lowest BCUT2D eigenvalue weighted by Gasteiger charge is -2.36. The smallest absolute Gasteiger partial charge is 0.224 e. The number of aliphatic hydroxyl groups is 1. The summed E-state index contributed by atoms with van der Waals surface area (Å²) in [5.41, 5.74) is 2.85. The number of carbonyl (C=O) groups is 1. The zero-order valence-corrected chi connectivity index (χ0v) is 15.0. The second-order valence-corrected chi connectivity index (χ2v) is 7.03. The number of carbonyl (C=O) groups excluding carboxylic acids is 1. The van der Waals surface area contributed by atoms with Crippen LogP contribution in [0.25, 0.3) is 11.0 Å². The molecular weight excluding hydrogens is 345 g/mol. The van der Waals surface area contributed by atoms with Crippen LogP contribution < -0.4 is 0 Å². The van der Waals surface area contributed by atoms with Crippen molar-refractivity contribution in [3.8, 4) is 0 Å². The van der Waals surface area contributed by atoms with Crippen molar-refractivity contribution >= 4 is 16.9 Å². The molecule has 4 rings (SSSR count). The van der Waals surface area contributed by atoms with Gasteiger partial charge in [0.25, 0.3) is 0 Å². The number of nitrogens with zero attached hydrogens (tertiary/aromatic N) is 3. The zero-order chi connectivity index (χ0) is 18.8. The highest BCUT2D eigenvalue weighted by Gasteiger charge is 2.30. The van der Waals surface area contributed by atoms with Crippen molar-refractivity contribution in [1.29, 1.82) is 0 Å². The molecule has 3 aromatic rings. The normalized spacial score (nSPS) is 20.1. The molecule has 1 saturated heterocycles. The van der Waals surface area contributed by atoms with E-state index in [1.165, 1.54) is 12.1 Å². The predicted molar refractivity (Wildman–Crippen MR) is 101 cm³/mol. The number of halogens is 1. The Hall–Kier alpha value is -2.73. The molecule has 2 heterocycles. The van der Waals surface area contributed by atoms with Crippen LogP contribution in [-0.4, -0.2) is 44.7 Å². The van der Waals surface area contributed by atoms with Gasteiger partial charge in [-0.05, 0) is 36.2 Å². The van der Waals surface area contributed by atoms with E-state index >= 15 is 0 Å². The van der Waals surface area contributed by atoms with Crippen LogP contribution in [-0.2, 0) is 11.3 Å². The Morgan fingerprint density at radius 2 is 1.96 bits per heavy atom. The summed E-state index contributed by atoms with van der Waals surface area (Å²) >= 11 is 0. The molecule has 1 amide bonds. The Balaban J connectivity index is 1.36. The SMILES string of the molecule is O=C(CCn1cnc2ccccc21)N1CC[C@@H](c2ccc(F)cc2)[C@H](O)C1. The third-order valence-electron chi connectivity index (χ3n) is 5.33. The van der Waals surface area contributed by atoms with E-state index in [0.29, 0.717) is 32.5 Å². The lowest BCUT2D eigenvalue weighted by atomic mass is 9.87. The van der Waals surface area contributed by atoms with Crippen molar-refractivity contribution in [2.75, 3.05) is 13.1 Å². The maximum atomic E-state index is 13.1. The number of rotatable bonds is 4. The fraction of sp³-hybridized carbons (Fsp3) is 0.333. The largest absolute Gasteiger partial charge is 0.391 e. The number of aliphatic hydroxyl groups excluding tert-OH is 1. The van der Waals surface area contributed by atoms with Gasteiger partial charge in [-0.25, -0.2) is 9.37 Å². The first kappa shape index (κ1) is 17.7. The van der Waals surface area contributed by atoms with Crippen molar-refractivity contribution in [3.63, 3.8) is 0 Å². The fourth-order valence-corrected chi connectivity index (χ4v) is 3.82. The number of β-amino-alcohol motifs (C(OH)–C–C–N with tert-alkyl or cyclic N) is 1. The summed E-state index contributed by atoms with van der Waals surface area (Å²) in [6.07, 6.45) is 2.16. The van der Waals surface area contributed by atoms with Crippen LogP contribution >= 0.6 is 0 Å². The molecule has 140 valence electrons. The number of amides is 1. The van der Waals surface area contributed by atoms with Gasteiger partial charge in [0.15, 0.2) is 0 Å². The van der Waals surface area contributed by atoms with Gasteiger partial charge in [0.05, 0.1) is 23.5 Å². The number of likely N-dealkylation sites (tertiary alicyclic amines) is 1. The lowest BCUT2D eigenvalue weighted by molar-refractivity contribution is -0.134. The molecule has 0 aliphatic carbocycles. The number of aryl methyl sites for hydroxylation is 1. The number of aromatic nitrogens is 2. The van der Waals surface area contributed by atoms with E-state index in [2.05, 4.69) is 4.98 Å². The molecule has 2 aromatic carbocycles. The van der Waals surface area contributed by atoms with Crippen LogP contribution in [0.2, 0.25) is 0 Å². The molecular formula is C21H22FN3O2. The number of para-hydroxylation sites is 2. The average molecular weight is 367 g/mol. The Morgan fingerprint density at radius 3 is 2.74 bits per heavy atom. The first-order valence-electron chi connectivity index (χ1n) is 9.23. The maximum Gasteiger partial charge on any atom is 0.224 e. The van der Waals surface area contributed by atoms with Gasteiger partial charge in [-0.2, -0.15) is 0 Å². The molecule has 0 unspecified atom stereocenters. The van der Waals surface area contributed by atoms with Crippen LogP contribution in [0.1, 0.15) is 24.3 Å². The molecule has 1 aliphatic rings. The topological polar surface area (TPSA) is 58.4 Å². The molecule has 27 heavy (non-hydrogen) atoms. The summed E-state index contributed by atoms with van der Waals surface area (Å²) in [7, 11) is 0. The van der Waals surface area contributed by atoms with Gasteiger partial charge in [0, 0.05) is 32.0 Å². The molecule has 0 spiro atoms. The summed E-state index contributed by atoms with van der Waals surface area (Å²) in [5.74, 6) is -0.315. The Morgan fingerprint density at radius 1 is 1.19 bits per heavy atom. The van der Waals surface area contributed by atoms with Crippen LogP contribution in [0.3, 0.4) is 0 Å². The number of benzene rings is 2. The second-order valence-electron chi connectivity index (χ2n) is 7.03. The molecule has 1 aliphatic heterocycles. The van der Waals surface area contributed by atoms with Gasteiger partial charge in [-0.15, -0.1) is 0 Å². The van der Waals surface area contributed by atoms with Gasteiger partial charge in [0.1, 0.15) is 5.82 Å². The molecule has 0 saturated carbocycles. The lowest BCUT2D eigenvalue weighted by Crippen LogP contribution is -2.45. The predicted octanol–water partition coefficient (Wildman–Crippen LogP) is 2.94. The number of imidazole rings is 1. The van der Waals surface area contributed by atoms with E-state index in [0.717, 1.165) is 16.6 Å². The van der Waals surface area contributed by atoms with Gasteiger partial charge in [-0.3, -0.25) is 4.79 Å². The Labute approximate surface area is 157 Å². The number of hydrogen-bond acceptors (Lipinski definition) is 3. The molecule has 1 N–H and O–H groups in total. The average Bonchev–Trinajstić information content (AvgIpc) is 3.10. The van der Waals surface area contributed by atoms with E-state index in [9.17, 15) is 14.3 Å². The van der Waals surface area contributed by atoms with Gasteiger partial charge in [0.2, 0.25) is 5.91 Å². The summed E-state index contributed by atoms with van der Waals surface area (Å²) in [6.45, 7) is 1.47. The molecule has 0 radical (unpaired) electrons. The number of fused-ring (bicyclic) bond motifs is 1. The van der Waals surface area contributed by atoms with Crippen LogP contribution in [0.4, 0.5) is 4.39 Å². The molecule has 5 nitrogen and oxygen atoms in total. The molecule has 0 bridgehead atoms. The third-order valence-corrected chi connectivity index (χ3v) is 5.33. The van der Waals surface area contributed by atoms with Gasteiger partial charge in [-0.1, -0.05) is 24.3 Å². The standard InChI is InChI=1S/C21H22FN3O2/c22-16-7-5-15(6-8-16)17-9-11-24(13-20(17)26)21(27)10-12-25-14-23-18-3-1-2-4-19(18)25/h1-8,14,17,20,26H,9-13H2/t17-,20+/m0/s1. The fourth-order valence-electron chi connectivity index (χ4n) is 3.82. The first-order chi connectivity index (χ1) is 13.1. The van der Waals surface area contributed by atoms with Crippen molar-refractivity contribution in [3.05, 3.63) is 66.2 Å². The third kappa shape index (κ3) is 3.71. The van der Waals surface area contributed by atoms with E-state index in [4.69, 9.17) is 0 Å². The highest BCUT2D eigenvalue weighted by Crippen LogP contribution is 2.29. The van der Waals surface area contributed by atoms with E-state index in [-0.39, 0.29) is 17.6 Å². The van der Waals surface area contributed by atoms with Crippen molar-refractivity contribution < 1.29 is 14.3 Å². The Bertz CT molecular complexity index is 938. The van der Waals surface area contributed by atoms with Gasteiger partial charge < -0.3 is 14.6 Å². The monoisotopic (exact) mass is 367 g/mol. The van der Waals surface area contributed by atoms with E-state index in [1.807, 2.05) is 28.8 Å². The number of piperidine rings is 1. The van der Waals surface area contributed by atoms with Crippen LogP contribution in [0, 0.1) is 5.82 Å². The van der Waals surface area contributed by atoms with Crippen molar-refractivity contribution in [2.45, 2.75) is 31.4 Å². The van der Waals surface area contributed by atoms with Crippen molar-refractivity contribution in [1.82, 2.24) is 14.5 Å². The number of hydrogen-bond donors (Lipinski definition) is 1. The summed E-state index contributed by atoms with van der Waals surface area (Å²) in [5, 5.41) is 10.5. The molecule has 1 aromatic heterocycles. The summed E-state index contributed by atoms with van der Waals surface area (Å²) < 4.78 is 15.1. The van der Waals surface area contributed by atoms with Crippen LogP contribution in [0.15, 0.2) is 54.9 Å². The van der Waals surface area contributed by atoms with E-state index in [1.54, 1.807) is 23.4 Å². The zero-order valence-electron chi connectivity index (χ0n) is 15.0. The van der Waals surface area contributed by atoms with Crippen molar-refractivity contribution in [2.24, 2.45) is 0 Å². The van der Waals surface area contributed by atoms with E-state index < -0.39 is 6.10 Å². The minimum absolute atomic E-state index is 0.0318. The maximum absolute atomic E-state index is 13.1. The highest BCUT2D eigenvalue weighted by molar-refractivity contribution is 5.77. The quantitative estimate of drug-likeness (QED) is 0.771. The Kier molecular flexibility index (Phi) is 4.90. The highest BCUT2D eigenvalue weighted by atomic mass is 19.1. The minimum Gasteiger partial charge on any atom is -0.391 e.